The van der Waals surface area contributed by atoms with E-state index in [4.69, 9.17) is 8.83 Å². The van der Waals surface area contributed by atoms with Crippen LogP contribution in [0.3, 0.4) is 0 Å². The third-order valence-electron chi connectivity index (χ3n) is 5.81. The maximum absolute atomic E-state index is 13.4. The summed E-state index contributed by atoms with van der Waals surface area (Å²) in [4.78, 5) is 29.9. The first kappa shape index (κ1) is 22.1. The number of para-hydroxylation sites is 1. The maximum Gasteiger partial charge on any atom is 0.310 e. The molecule has 1 unspecified atom stereocenters. The van der Waals surface area contributed by atoms with Crippen LogP contribution in [0.15, 0.2) is 87.2 Å². The third-order valence-corrected chi connectivity index (χ3v) is 5.81. The number of amides is 2. The highest BCUT2D eigenvalue weighted by Crippen LogP contribution is 2.37. The Morgan fingerprint density at radius 1 is 1.14 bits per heavy atom. The van der Waals surface area contributed by atoms with Crippen molar-refractivity contribution in [1.29, 1.82) is 0 Å². The van der Waals surface area contributed by atoms with Crippen LogP contribution in [0, 0.1) is 6.92 Å². The van der Waals surface area contributed by atoms with Gasteiger partial charge in [-0.15, -0.1) is 0 Å². The molecule has 0 saturated heterocycles. The number of furan rings is 2. The summed E-state index contributed by atoms with van der Waals surface area (Å²) in [6.07, 6.45) is 5.21. The van der Waals surface area contributed by atoms with Crippen LogP contribution in [0.25, 0.3) is 0 Å². The topological polar surface area (TPSA) is 121 Å². The summed E-state index contributed by atoms with van der Waals surface area (Å²) in [6.45, 7) is 1.81. The molecule has 0 spiro atoms. The van der Waals surface area contributed by atoms with Crippen molar-refractivity contribution in [3.05, 3.63) is 107 Å². The number of nitrogens with one attached hydrogen (secondary N) is 1. The van der Waals surface area contributed by atoms with Crippen LogP contribution >= 0.6 is 0 Å². The Labute approximate surface area is 200 Å². The molecule has 35 heavy (non-hydrogen) atoms. The second-order valence-corrected chi connectivity index (χ2v) is 8.06. The summed E-state index contributed by atoms with van der Waals surface area (Å²) >= 11 is 0. The molecule has 4 heterocycles. The maximum atomic E-state index is 13.4. The third kappa shape index (κ3) is 4.43. The number of rotatable bonds is 6. The van der Waals surface area contributed by atoms with Crippen molar-refractivity contribution >= 4 is 17.5 Å². The van der Waals surface area contributed by atoms with Crippen LogP contribution in [0.2, 0.25) is 0 Å². The molecule has 9 nitrogen and oxygen atoms in total. The fourth-order valence-corrected chi connectivity index (χ4v) is 4.00. The molecular weight excluding hydrogens is 448 g/mol. The predicted molar refractivity (Wildman–Crippen MR) is 126 cm³/mol. The Balaban J connectivity index is 1.37. The zero-order valence-electron chi connectivity index (χ0n) is 18.8. The summed E-state index contributed by atoms with van der Waals surface area (Å²) < 4.78 is 10.9. The van der Waals surface area contributed by atoms with E-state index in [1.54, 1.807) is 67.8 Å². The van der Waals surface area contributed by atoms with Crippen LogP contribution in [0.5, 0.6) is 5.75 Å². The minimum atomic E-state index is -0.517. The summed E-state index contributed by atoms with van der Waals surface area (Å²) in [5.41, 5.74) is 2.49. The number of hydrazone groups is 1. The summed E-state index contributed by atoms with van der Waals surface area (Å²) in [7, 11) is 0. The highest BCUT2D eigenvalue weighted by Gasteiger charge is 2.36. The first-order valence-corrected chi connectivity index (χ1v) is 11.0. The van der Waals surface area contributed by atoms with Crippen molar-refractivity contribution in [2.75, 3.05) is 0 Å². The number of phenols is 1. The van der Waals surface area contributed by atoms with Gasteiger partial charge < -0.3 is 19.3 Å². The zero-order chi connectivity index (χ0) is 24.4. The number of pyridine rings is 1. The number of aryl methyl sites for hydroxylation is 1. The monoisotopic (exact) mass is 470 g/mol. The molecule has 0 fully saturated rings. The molecule has 9 heteroatoms. The molecule has 2 N–H and O–H groups in total. The number of nitrogens with zero attached hydrogens (tertiary/aromatic N) is 3. The molecule has 1 aromatic carbocycles. The van der Waals surface area contributed by atoms with Crippen LogP contribution in [0.4, 0.5) is 0 Å². The molecule has 3 aromatic heterocycles. The molecule has 1 aliphatic rings. The zero-order valence-corrected chi connectivity index (χ0v) is 18.8. The first-order chi connectivity index (χ1) is 17.0. The van der Waals surface area contributed by atoms with Gasteiger partial charge in [0.1, 0.15) is 17.3 Å². The van der Waals surface area contributed by atoms with Gasteiger partial charge in [0, 0.05) is 29.9 Å². The fraction of sp³-hybridized carbons (Fsp3) is 0.154. The van der Waals surface area contributed by atoms with Crippen molar-refractivity contribution < 1.29 is 23.5 Å². The molecule has 0 aliphatic carbocycles. The molecule has 2 amide bonds. The number of benzene rings is 1. The van der Waals surface area contributed by atoms with Gasteiger partial charge in [0.05, 0.1) is 30.1 Å². The normalized spacial score (nSPS) is 15.2. The van der Waals surface area contributed by atoms with Crippen LogP contribution in [-0.4, -0.2) is 32.6 Å². The minimum absolute atomic E-state index is 0.0744. The lowest BCUT2D eigenvalue weighted by Crippen LogP contribution is -2.27. The van der Waals surface area contributed by atoms with Crippen LogP contribution < -0.4 is 5.32 Å². The Kier molecular flexibility index (Phi) is 5.88. The Morgan fingerprint density at radius 3 is 2.74 bits per heavy atom. The Hall–Kier alpha value is -4.66. The van der Waals surface area contributed by atoms with E-state index in [2.05, 4.69) is 15.4 Å². The molecule has 1 aliphatic heterocycles. The van der Waals surface area contributed by atoms with E-state index in [9.17, 15) is 14.7 Å². The van der Waals surface area contributed by atoms with Gasteiger partial charge in [-0.25, -0.2) is 5.01 Å². The van der Waals surface area contributed by atoms with Gasteiger partial charge in [-0.05, 0) is 37.3 Å². The molecule has 0 saturated carbocycles. The second kappa shape index (κ2) is 9.30. The molecule has 176 valence electrons. The van der Waals surface area contributed by atoms with E-state index in [0.29, 0.717) is 34.8 Å². The molecule has 0 bridgehead atoms. The largest absolute Gasteiger partial charge is 0.508 e. The van der Waals surface area contributed by atoms with Crippen molar-refractivity contribution in [2.24, 2.45) is 5.10 Å². The standard InChI is InChI=1S/C26H22N4O5/c1-16-19(10-12-34-16)25(32)28-15-18-8-9-24(35-18)26(33)30-22(20-6-2-3-7-23(20)31)13-21(29-30)17-5-4-11-27-14-17/h2-12,14,22,31H,13,15H2,1H3,(H,28,32). The Bertz CT molecular complexity index is 1410. The van der Waals surface area contributed by atoms with Gasteiger partial charge in [-0.2, -0.15) is 5.10 Å². The number of hydrogen-bond donors (Lipinski definition) is 2. The number of carbonyl (C=O) groups is 2. The van der Waals surface area contributed by atoms with Gasteiger partial charge in [0.15, 0.2) is 5.76 Å². The number of carbonyl (C=O) groups excluding carboxylic acids is 2. The quantitative estimate of drug-likeness (QED) is 0.436. The van der Waals surface area contributed by atoms with Gasteiger partial charge in [-0.1, -0.05) is 24.3 Å². The SMILES string of the molecule is Cc1occc1C(=O)NCc1ccc(C(=O)N2N=C(c3cccnc3)CC2c2ccccc2O)o1. The van der Waals surface area contributed by atoms with Crippen molar-refractivity contribution in [3.8, 4) is 5.75 Å². The average molecular weight is 470 g/mol. The minimum Gasteiger partial charge on any atom is -0.508 e. The van der Waals surface area contributed by atoms with Crippen molar-refractivity contribution in [3.63, 3.8) is 0 Å². The Morgan fingerprint density at radius 2 is 2.00 bits per heavy atom. The lowest BCUT2D eigenvalue weighted by atomic mass is 9.98. The van der Waals surface area contributed by atoms with Crippen molar-refractivity contribution in [1.82, 2.24) is 15.3 Å². The van der Waals surface area contributed by atoms with Gasteiger partial charge >= 0.3 is 5.91 Å². The summed E-state index contributed by atoms with van der Waals surface area (Å²) in [5, 5.41) is 19.1. The highest BCUT2D eigenvalue weighted by molar-refractivity contribution is 6.04. The van der Waals surface area contributed by atoms with E-state index >= 15 is 0 Å². The molecule has 1 atom stereocenters. The molecule has 4 aromatic rings. The van der Waals surface area contributed by atoms with E-state index in [1.165, 1.54) is 11.3 Å². The van der Waals surface area contributed by atoms with E-state index < -0.39 is 11.9 Å². The van der Waals surface area contributed by atoms with Crippen LogP contribution in [-0.2, 0) is 6.54 Å². The van der Waals surface area contributed by atoms with E-state index in [0.717, 1.165) is 5.56 Å². The highest BCUT2D eigenvalue weighted by atomic mass is 16.4. The smallest absolute Gasteiger partial charge is 0.310 e. The molecular formula is C26H22N4O5. The lowest BCUT2D eigenvalue weighted by Gasteiger charge is -2.21. The molecule has 5 rings (SSSR count). The number of hydrogen-bond acceptors (Lipinski definition) is 7. The van der Waals surface area contributed by atoms with Crippen molar-refractivity contribution in [2.45, 2.75) is 25.9 Å². The van der Waals surface area contributed by atoms with E-state index in [-0.39, 0.29) is 24.0 Å². The lowest BCUT2D eigenvalue weighted by molar-refractivity contribution is 0.0675. The predicted octanol–water partition coefficient (Wildman–Crippen LogP) is 4.20. The van der Waals surface area contributed by atoms with Crippen LogP contribution in [0.1, 0.15) is 56.0 Å². The number of phenolic OH excluding ortho intramolecular Hbond substituents is 1. The molecule has 0 radical (unpaired) electrons. The average Bonchev–Trinajstić information content (AvgIpc) is 3.63. The summed E-state index contributed by atoms with van der Waals surface area (Å²) in [6, 6.07) is 14.8. The first-order valence-electron chi connectivity index (χ1n) is 11.0. The fourth-order valence-electron chi connectivity index (χ4n) is 4.00. The number of aromatic nitrogens is 1. The van der Waals surface area contributed by atoms with Gasteiger partial charge in [0.25, 0.3) is 5.91 Å². The summed E-state index contributed by atoms with van der Waals surface area (Å²) in [5.74, 6) is 0.327. The second-order valence-electron chi connectivity index (χ2n) is 8.06. The van der Waals surface area contributed by atoms with E-state index in [1.807, 2.05) is 6.07 Å². The van der Waals surface area contributed by atoms with Gasteiger partial charge in [0.2, 0.25) is 0 Å². The van der Waals surface area contributed by atoms with Gasteiger partial charge in [-0.3, -0.25) is 14.6 Å². The number of aromatic hydroxyl groups is 1.